The van der Waals surface area contributed by atoms with Crippen LogP contribution in [0.25, 0.3) is 0 Å². The number of nitrogens with zero attached hydrogens (tertiary/aromatic N) is 3. The van der Waals surface area contributed by atoms with Gasteiger partial charge in [0.25, 0.3) is 11.1 Å². The highest BCUT2D eigenvalue weighted by Gasteiger charge is 2.36. The lowest BCUT2D eigenvalue weighted by Gasteiger charge is -2.37. The van der Waals surface area contributed by atoms with Gasteiger partial charge in [0.1, 0.15) is 5.75 Å². The van der Waals surface area contributed by atoms with Crippen LogP contribution in [0.1, 0.15) is 6.42 Å². The van der Waals surface area contributed by atoms with Crippen LogP contribution in [-0.2, 0) is 14.3 Å². The Morgan fingerprint density at radius 3 is 2.68 bits per heavy atom. The summed E-state index contributed by atoms with van der Waals surface area (Å²) in [4.78, 5) is 42.7. The van der Waals surface area contributed by atoms with Crippen LogP contribution < -0.4 is 9.64 Å². The topological polar surface area (TPSA) is 79.4 Å². The van der Waals surface area contributed by atoms with E-state index in [2.05, 4.69) is 0 Å². The minimum absolute atomic E-state index is 0.0237. The summed E-state index contributed by atoms with van der Waals surface area (Å²) in [5.74, 6) is 1.06. The molecule has 0 spiro atoms. The maximum atomic E-state index is 12.9. The molecule has 0 N–H and O–H groups in total. The second-order valence-corrected chi connectivity index (χ2v) is 7.91. The van der Waals surface area contributed by atoms with Gasteiger partial charge in [0.2, 0.25) is 5.91 Å². The van der Waals surface area contributed by atoms with Crippen molar-refractivity contribution in [2.24, 2.45) is 0 Å². The van der Waals surface area contributed by atoms with E-state index in [-0.39, 0.29) is 30.0 Å². The first-order valence-corrected chi connectivity index (χ1v) is 10.5. The summed E-state index contributed by atoms with van der Waals surface area (Å²) < 4.78 is 11.2. The molecule has 3 aliphatic rings. The SMILES string of the molecule is O=C1SCCN1CCC(=O)N1C[C@H](C(=O)N2CCOCC2)Oc2ccccc21. The molecule has 2 saturated heterocycles. The van der Waals surface area contributed by atoms with Gasteiger partial charge in [-0.25, -0.2) is 0 Å². The molecule has 0 radical (unpaired) electrons. The molecule has 28 heavy (non-hydrogen) atoms. The first-order chi connectivity index (χ1) is 13.6. The molecule has 3 heterocycles. The average Bonchev–Trinajstić information content (AvgIpc) is 3.16. The van der Waals surface area contributed by atoms with Crippen LogP contribution in [0.4, 0.5) is 10.5 Å². The van der Waals surface area contributed by atoms with Crippen molar-refractivity contribution in [2.45, 2.75) is 12.5 Å². The monoisotopic (exact) mass is 405 g/mol. The molecule has 4 rings (SSSR count). The molecular formula is C19H23N3O5S. The van der Waals surface area contributed by atoms with E-state index in [1.807, 2.05) is 18.2 Å². The van der Waals surface area contributed by atoms with Crippen LogP contribution in [0.5, 0.6) is 5.75 Å². The number of amides is 3. The summed E-state index contributed by atoms with van der Waals surface area (Å²) in [5.41, 5.74) is 0.667. The van der Waals surface area contributed by atoms with Crippen LogP contribution in [0.3, 0.4) is 0 Å². The van der Waals surface area contributed by atoms with Gasteiger partial charge in [-0.1, -0.05) is 23.9 Å². The van der Waals surface area contributed by atoms with Crippen molar-refractivity contribution in [3.63, 3.8) is 0 Å². The molecule has 0 aromatic heterocycles. The summed E-state index contributed by atoms with van der Waals surface area (Å²) in [7, 11) is 0. The third kappa shape index (κ3) is 3.95. The number of hydrogen-bond donors (Lipinski definition) is 0. The van der Waals surface area contributed by atoms with E-state index in [4.69, 9.17) is 9.47 Å². The van der Waals surface area contributed by atoms with Gasteiger partial charge in [-0.2, -0.15) is 0 Å². The number of fused-ring (bicyclic) bond motifs is 1. The van der Waals surface area contributed by atoms with Gasteiger partial charge >= 0.3 is 0 Å². The Labute approximate surface area is 167 Å². The molecule has 150 valence electrons. The molecule has 8 nitrogen and oxygen atoms in total. The lowest BCUT2D eigenvalue weighted by atomic mass is 10.1. The van der Waals surface area contributed by atoms with Crippen molar-refractivity contribution in [3.8, 4) is 5.75 Å². The van der Waals surface area contributed by atoms with E-state index in [1.54, 1.807) is 20.8 Å². The van der Waals surface area contributed by atoms with Crippen molar-refractivity contribution in [1.82, 2.24) is 9.80 Å². The van der Waals surface area contributed by atoms with Crippen LogP contribution in [0.2, 0.25) is 0 Å². The van der Waals surface area contributed by atoms with Gasteiger partial charge in [-0.3, -0.25) is 14.4 Å². The third-order valence-electron chi connectivity index (χ3n) is 5.11. The zero-order chi connectivity index (χ0) is 19.5. The average molecular weight is 405 g/mol. The Kier molecular flexibility index (Phi) is 5.72. The van der Waals surface area contributed by atoms with E-state index in [9.17, 15) is 14.4 Å². The fourth-order valence-corrected chi connectivity index (χ4v) is 4.43. The number of benzene rings is 1. The highest BCUT2D eigenvalue weighted by Crippen LogP contribution is 2.34. The van der Waals surface area contributed by atoms with E-state index in [1.165, 1.54) is 11.8 Å². The number of para-hydroxylation sites is 2. The molecule has 1 aromatic carbocycles. The minimum atomic E-state index is -0.735. The van der Waals surface area contributed by atoms with Gasteiger partial charge in [0.15, 0.2) is 6.10 Å². The normalized spacial score (nSPS) is 22.1. The van der Waals surface area contributed by atoms with E-state index in [0.29, 0.717) is 50.8 Å². The number of carbonyl (C=O) groups is 3. The van der Waals surface area contributed by atoms with Crippen molar-refractivity contribution in [3.05, 3.63) is 24.3 Å². The van der Waals surface area contributed by atoms with Crippen LogP contribution >= 0.6 is 11.8 Å². The quantitative estimate of drug-likeness (QED) is 0.749. The molecule has 0 unspecified atom stereocenters. The maximum Gasteiger partial charge on any atom is 0.281 e. The lowest BCUT2D eigenvalue weighted by Crippen LogP contribution is -2.54. The minimum Gasteiger partial charge on any atom is -0.476 e. The maximum absolute atomic E-state index is 12.9. The first kappa shape index (κ1) is 19.1. The second kappa shape index (κ2) is 8.40. The van der Waals surface area contributed by atoms with Gasteiger partial charge in [-0.05, 0) is 12.1 Å². The van der Waals surface area contributed by atoms with Crippen LogP contribution in [-0.4, -0.2) is 84.6 Å². The fraction of sp³-hybridized carbons (Fsp3) is 0.526. The number of rotatable bonds is 4. The zero-order valence-corrected chi connectivity index (χ0v) is 16.4. The Bertz CT molecular complexity index is 768. The number of morpholine rings is 1. The van der Waals surface area contributed by atoms with Crippen molar-refractivity contribution >= 4 is 34.5 Å². The van der Waals surface area contributed by atoms with Crippen LogP contribution in [0, 0.1) is 0 Å². The molecular weight excluding hydrogens is 382 g/mol. The molecule has 1 aromatic rings. The Hall–Kier alpha value is -2.26. The Balaban J connectivity index is 1.47. The fourth-order valence-electron chi connectivity index (χ4n) is 3.58. The highest BCUT2D eigenvalue weighted by atomic mass is 32.2. The number of ether oxygens (including phenoxy) is 2. The summed E-state index contributed by atoms with van der Waals surface area (Å²) in [6.45, 7) is 3.33. The number of thioether (sulfide) groups is 1. The summed E-state index contributed by atoms with van der Waals surface area (Å²) in [6, 6.07) is 7.25. The van der Waals surface area contributed by atoms with E-state index >= 15 is 0 Å². The highest BCUT2D eigenvalue weighted by molar-refractivity contribution is 8.13. The number of hydrogen-bond acceptors (Lipinski definition) is 6. The zero-order valence-electron chi connectivity index (χ0n) is 15.5. The summed E-state index contributed by atoms with van der Waals surface area (Å²) in [5, 5.41) is 0.0237. The molecule has 1 atom stereocenters. The molecule has 0 aliphatic carbocycles. The summed E-state index contributed by atoms with van der Waals surface area (Å²) in [6.07, 6.45) is -0.514. The van der Waals surface area contributed by atoms with Crippen LogP contribution in [0.15, 0.2) is 24.3 Å². The Morgan fingerprint density at radius 2 is 1.93 bits per heavy atom. The predicted octanol–water partition coefficient (Wildman–Crippen LogP) is 1.20. The lowest BCUT2D eigenvalue weighted by molar-refractivity contribution is -0.142. The largest absolute Gasteiger partial charge is 0.476 e. The van der Waals surface area contributed by atoms with Crippen molar-refractivity contribution in [2.75, 3.05) is 56.6 Å². The van der Waals surface area contributed by atoms with Crippen molar-refractivity contribution < 1.29 is 23.9 Å². The molecule has 0 bridgehead atoms. The molecule has 3 amide bonds. The predicted molar refractivity (Wildman–Crippen MR) is 105 cm³/mol. The van der Waals surface area contributed by atoms with Crippen molar-refractivity contribution in [1.29, 1.82) is 0 Å². The van der Waals surface area contributed by atoms with Gasteiger partial charge in [0.05, 0.1) is 25.4 Å². The third-order valence-corrected chi connectivity index (χ3v) is 6.01. The van der Waals surface area contributed by atoms with Gasteiger partial charge in [0, 0.05) is 38.4 Å². The number of anilines is 1. The van der Waals surface area contributed by atoms with E-state index in [0.717, 1.165) is 5.75 Å². The second-order valence-electron chi connectivity index (χ2n) is 6.87. The standard InChI is InChI=1S/C19H23N3O5S/c23-17(5-6-21-9-12-28-19(21)25)22-13-16(18(24)20-7-10-26-11-8-20)27-15-4-2-1-3-14(15)22/h1-4,16H,5-13H2/t16-/m1/s1. The molecule has 2 fully saturated rings. The first-order valence-electron chi connectivity index (χ1n) is 9.48. The number of carbonyl (C=O) groups excluding carboxylic acids is 3. The molecule has 0 saturated carbocycles. The summed E-state index contributed by atoms with van der Waals surface area (Å²) >= 11 is 1.28. The van der Waals surface area contributed by atoms with Gasteiger partial charge in [-0.15, -0.1) is 0 Å². The van der Waals surface area contributed by atoms with E-state index < -0.39 is 6.10 Å². The smallest absolute Gasteiger partial charge is 0.281 e. The molecule has 9 heteroatoms. The molecule has 3 aliphatic heterocycles. The Morgan fingerprint density at radius 1 is 1.14 bits per heavy atom. The van der Waals surface area contributed by atoms with Gasteiger partial charge < -0.3 is 24.2 Å².